The molecule has 2 aliphatic rings. The van der Waals surface area contributed by atoms with Crippen LogP contribution >= 0.6 is 0 Å². The lowest BCUT2D eigenvalue weighted by atomic mass is 9.84. The van der Waals surface area contributed by atoms with Crippen LogP contribution in [0, 0.1) is 0 Å². The van der Waals surface area contributed by atoms with Gasteiger partial charge in [-0.1, -0.05) is 37.3 Å². The molecule has 1 spiro atoms. The monoisotopic (exact) mass is 344 g/mol. The van der Waals surface area contributed by atoms with Crippen LogP contribution in [0.2, 0.25) is 0 Å². The zero-order valence-corrected chi connectivity index (χ0v) is 13.9. The molecule has 1 N–H and O–H groups in total. The Balaban J connectivity index is 1.51. The first kappa shape index (κ1) is 15.9. The van der Waals surface area contributed by atoms with Gasteiger partial charge in [0.1, 0.15) is 12.1 Å². The Labute approximate surface area is 144 Å². The first-order valence-electron chi connectivity index (χ1n) is 8.69. The lowest BCUT2D eigenvalue weighted by molar-refractivity contribution is -0.132. The van der Waals surface area contributed by atoms with Gasteiger partial charge in [-0.15, -0.1) is 0 Å². The minimum atomic E-state index is -0.763. The van der Waals surface area contributed by atoms with Gasteiger partial charge in [-0.3, -0.25) is 9.69 Å². The molecule has 1 saturated carbocycles. The maximum absolute atomic E-state index is 12.9. The SMILES string of the molecule is O=C1NC2(CCCCCCC2)C(=O)N1Cc1nc(-c2ccco2)no1. The van der Waals surface area contributed by atoms with Crippen molar-refractivity contribution in [1.29, 1.82) is 0 Å². The number of rotatable bonds is 3. The Kier molecular flexibility index (Phi) is 4.03. The average molecular weight is 344 g/mol. The number of aromatic nitrogens is 2. The molecule has 3 heterocycles. The highest BCUT2D eigenvalue weighted by atomic mass is 16.5. The Morgan fingerprint density at radius 1 is 1.16 bits per heavy atom. The first-order valence-corrected chi connectivity index (χ1v) is 8.69. The van der Waals surface area contributed by atoms with Crippen molar-refractivity contribution in [3.05, 3.63) is 24.3 Å². The number of hydrogen-bond acceptors (Lipinski definition) is 6. The third-order valence-electron chi connectivity index (χ3n) is 4.96. The van der Waals surface area contributed by atoms with Crippen molar-refractivity contribution in [2.75, 3.05) is 0 Å². The molecule has 0 unspecified atom stereocenters. The number of nitrogens with zero attached hydrogens (tertiary/aromatic N) is 3. The summed E-state index contributed by atoms with van der Waals surface area (Å²) in [5, 5.41) is 6.75. The van der Waals surface area contributed by atoms with Gasteiger partial charge in [0.05, 0.1) is 6.26 Å². The van der Waals surface area contributed by atoms with Gasteiger partial charge in [-0.2, -0.15) is 4.98 Å². The predicted octanol–water partition coefficient (Wildman–Crippen LogP) is 2.86. The Hall–Kier alpha value is -2.64. The third kappa shape index (κ3) is 2.92. The minimum Gasteiger partial charge on any atom is -0.461 e. The van der Waals surface area contributed by atoms with Gasteiger partial charge in [-0.25, -0.2) is 4.79 Å². The zero-order chi connectivity index (χ0) is 17.3. The molecule has 1 aliphatic heterocycles. The van der Waals surface area contributed by atoms with Gasteiger partial charge < -0.3 is 14.3 Å². The van der Waals surface area contributed by atoms with E-state index in [1.54, 1.807) is 12.1 Å². The Bertz CT molecular complexity index is 759. The van der Waals surface area contributed by atoms with Gasteiger partial charge in [0.25, 0.3) is 5.91 Å². The van der Waals surface area contributed by atoms with Crippen LogP contribution in [0.25, 0.3) is 11.6 Å². The van der Waals surface area contributed by atoms with E-state index in [0.29, 0.717) is 24.4 Å². The second-order valence-corrected chi connectivity index (χ2v) is 6.66. The number of furan rings is 1. The predicted molar refractivity (Wildman–Crippen MR) is 86.1 cm³/mol. The number of hydrogen-bond donors (Lipinski definition) is 1. The van der Waals surface area contributed by atoms with Crippen LogP contribution in [-0.4, -0.2) is 32.5 Å². The van der Waals surface area contributed by atoms with Crippen LogP contribution in [-0.2, 0) is 11.3 Å². The second kappa shape index (κ2) is 6.34. The van der Waals surface area contributed by atoms with E-state index in [0.717, 1.165) is 25.7 Å². The summed E-state index contributed by atoms with van der Waals surface area (Å²) in [5.74, 6) is 0.798. The zero-order valence-electron chi connectivity index (χ0n) is 13.9. The summed E-state index contributed by atoms with van der Waals surface area (Å²) in [4.78, 5) is 30.7. The number of carbonyl (C=O) groups excluding carboxylic acids is 2. The van der Waals surface area contributed by atoms with Gasteiger partial charge in [0.2, 0.25) is 11.7 Å². The molecule has 132 valence electrons. The molecule has 1 aliphatic carbocycles. The fraction of sp³-hybridized carbons (Fsp3) is 0.529. The molecule has 0 bridgehead atoms. The highest BCUT2D eigenvalue weighted by Gasteiger charge is 2.50. The Morgan fingerprint density at radius 2 is 1.92 bits per heavy atom. The lowest BCUT2D eigenvalue weighted by Crippen LogP contribution is -2.47. The van der Waals surface area contributed by atoms with Crippen LogP contribution < -0.4 is 5.32 Å². The molecule has 8 nitrogen and oxygen atoms in total. The van der Waals surface area contributed by atoms with E-state index >= 15 is 0 Å². The normalized spacial score (nSPS) is 20.6. The van der Waals surface area contributed by atoms with E-state index in [-0.39, 0.29) is 24.4 Å². The quantitative estimate of drug-likeness (QED) is 0.859. The topological polar surface area (TPSA) is 101 Å². The molecular formula is C17H20N4O4. The van der Waals surface area contributed by atoms with Crippen LogP contribution in [0.1, 0.15) is 50.8 Å². The van der Waals surface area contributed by atoms with Crippen LogP contribution in [0.15, 0.2) is 27.3 Å². The van der Waals surface area contributed by atoms with Crippen molar-refractivity contribution in [1.82, 2.24) is 20.4 Å². The second-order valence-electron chi connectivity index (χ2n) is 6.66. The van der Waals surface area contributed by atoms with Gasteiger partial charge in [0.15, 0.2) is 5.76 Å². The van der Waals surface area contributed by atoms with Crippen molar-refractivity contribution >= 4 is 11.9 Å². The summed E-state index contributed by atoms with van der Waals surface area (Å²) in [7, 11) is 0. The molecule has 4 rings (SSSR count). The van der Waals surface area contributed by atoms with Crippen molar-refractivity contribution in [2.45, 2.75) is 57.0 Å². The highest BCUT2D eigenvalue weighted by molar-refractivity contribution is 6.06. The average Bonchev–Trinajstić information content (AvgIpc) is 3.28. The van der Waals surface area contributed by atoms with Gasteiger partial charge >= 0.3 is 6.03 Å². The molecule has 1 saturated heterocycles. The third-order valence-corrected chi connectivity index (χ3v) is 4.96. The standard InChI is InChI=1S/C17H20N4O4/c22-15-17(8-4-2-1-3-5-9-17)19-16(23)21(15)11-13-18-14(20-25-13)12-7-6-10-24-12/h6-7,10H,1-5,8-9,11H2,(H,19,23). The van der Waals surface area contributed by atoms with Crippen LogP contribution in [0.5, 0.6) is 0 Å². The largest absolute Gasteiger partial charge is 0.461 e. The number of nitrogens with one attached hydrogen (secondary N) is 1. The number of carbonyl (C=O) groups is 2. The molecule has 0 radical (unpaired) electrons. The molecule has 25 heavy (non-hydrogen) atoms. The smallest absolute Gasteiger partial charge is 0.325 e. The first-order chi connectivity index (χ1) is 12.2. The van der Waals surface area contributed by atoms with Gasteiger partial charge in [-0.05, 0) is 25.0 Å². The maximum Gasteiger partial charge on any atom is 0.325 e. The molecule has 0 atom stereocenters. The van der Waals surface area contributed by atoms with Crippen molar-refractivity contribution in [3.8, 4) is 11.6 Å². The summed E-state index contributed by atoms with van der Waals surface area (Å²) in [5.41, 5.74) is -0.763. The summed E-state index contributed by atoms with van der Waals surface area (Å²) in [6.45, 7) is -0.0277. The van der Waals surface area contributed by atoms with Crippen molar-refractivity contribution in [3.63, 3.8) is 0 Å². The van der Waals surface area contributed by atoms with Crippen molar-refractivity contribution < 1.29 is 18.5 Å². The molecule has 2 fully saturated rings. The van der Waals surface area contributed by atoms with E-state index in [2.05, 4.69) is 15.5 Å². The number of imide groups is 1. The molecule has 3 amide bonds. The summed E-state index contributed by atoms with van der Waals surface area (Å²) in [6.07, 6.45) is 8.18. The fourth-order valence-electron chi connectivity index (χ4n) is 3.63. The van der Waals surface area contributed by atoms with E-state index in [1.165, 1.54) is 17.6 Å². The number of urea groups is 1. The van der Waals surface area contributed by atoms with E-state index in [4.69, 9.17) is 8.94 Å². The molecular weight excluding hydrogens is 324 g/mol. The van der Waals surface area contributed by atoms with E-state index < -0.39 is 5.54 Å². The number of amides is 3. The molecule has 0 aromatic carbocycles. The van der Waals surface area contributed by atoms with Crippen molar-refractivity contribution in [2.24, 2.45) is 0 Å². The molecule has 8 heteroatoms. The summed E-state index contributed by atoms with van der Waals surface area (Å²) in [6, 6.07) is 3.05. The molecule has 2 aromatic heterocycles. The molecule has 2 aromatic rings. The van der Waals surface area contributed by atoms with E-state index in [1.807, 2.05) is 0 Å². The summed E-state index contributed by atoms with van der Waals surface area (Å²) < 4.78 is 10.4. The van der Waals surface area contributed by atoms with Crippen LogP contribution in [0.4, 0.5) is 4.79 Å². The maximum atomic E-state index is 12.9. The summed E-state index contributed by atoms with van der Waals surface area (Å²) >= 11 is 0. The Morgan fingerprint density at radius 3 is 2.64 bits per heavy atom. The van der Waals surface area contributed by atoms with Crippen LogP contribution in [0.3, 0.4) is 0 Å². The van der Waals surface area contributed by atoms with Gasteiger partial charge in [0, 0.05) is 0 Å². The highest BCUT2D eigenvalue weighted by Crippen LogP contribution is 2.32. The fourth-order valence-corrected chi connectivity index (χ4v) is 3.63. The van der Waals surface area contributed by atoms with E-state index in [9.17, 15) is 9.59 Å². The minimum absolute atomic E-state index is 0.0277. The lowest BCUT2D eigenvalue weighted by Gasteiger charge is -2.28.